The summed E-state index contributed by atoms with van der Waals surface area (Å²) in [4.78, 5) is 13.2. The largest absolute Gasteiger partial charge is 0.322 e. The van der Waals surface area contributed by atoms with E-state index in [0.29, 0.717) is 6.04 Å². The highest BCUT2D eigenvalue weighted by Gasteiger charge is 2.33. The van der Waals surface area contributed by atoms with Crippen LogP contribution in [-0.2, 0) is 0 Å². The summed E-state index contributed by atoms with van der Waals surface area (Å²) < 4.78 is 0. The van der Waals surface area contributed by atoms with Gasteiger partial charge >= 0.3 is 6.03 Å². The lowest BCUT2D eigenvalue weighted by atomic mass is 10.3. The van der Waals surface area contributed by atoms with Gasteiger partial charge in [-0.3, -0.25) is 0 Å². The zero-order valence-corrected chi connectivity index (χ0v) is 7.53. The fourth-order valence-electron chi connectivity index (χ4n) is 1.24. The first kappa shape index (κ1) is 8.10. The predicted molar refractivity (Wildman–Crippen MR) is 51.6 cm³/mol. The van der Waals surface area contributed by atoms with Crippen molar-refractivity contribution in [2.24, 2.45) is 0 Å². The topological polar surface area (TPSA) is 32.1 Å². The number of hydrogen-bond donors (Lipinski definition) is 1. The Balaban J connectivity index is 1.95. The van der Waals surface area contributed by atoms with E-state index in [1.54, 1.807) is 4.90 Å². The Bertz CT molecular complexity index is 310. The number of nitrogens with one attached hydrogen (secondary N) is 1. The lowest BCUT2D eigenvalue weighted by molar-refractivity contribution is 0.240. The number of anilines is 1. The first-order chi connectivity index (χ1) is 6.27. The van der Waals surface area contributed by atoms with E-state index < -0.39 is 0 Å². The Morgan fingerprint density at radius 1 is 1.46 bits per heavy atom. The molecule has 0 radical (unpaired) electrons. The van der Waals surface area contributed by atoms with Crippen LogP contribution in [0.1, 0.15) is 6.92 Å². The molecule has 2 rings (SSSR count). The molecule has 2 amide bonds. The van der Waals surface area contributed by atoms with Gasteiger partial charge in [0.05, 0.1) is 0 Å². The third-order valence-electron chi connectivity index (χ3n) is 2.15. The fourth-order valence-corrected chi connectivity index (χ4v) is 1.24. The predicted octanol–water partition coefficient (Wildman–Crippen LogP) is 1.92. The molecule has 1 atom stereocenters. The minimum atomic E-state index is -0.00120. The Kier molecular flexibility index (Phi) is 1.93. The molecule has 1 aliphatic rings. The van der Waals surface area contributed by atoms with Gasteiger partial charge in [-0.1, -0.05) is 18.2 Å². The first-order valence-corrected chi connectivity index (χ1v) is 4.40. The number of nitrogens with zero attached hydrogens (tertiary/aromatic N) is 1. The summed E-state index contributed by atoms with van der Waals surface area (Å²) in [6, 6.07) is 9.90. The van der Waals surface area contributed by atoms with E-state index in [1.807, 2.05) is 37.3 Å². The minimum absolute atomic E-state index is 0.00120. The molecule has 0 bridgehead atoms. The molecule has 1 heterocycles. The zero-order chi connectivity index (χ0) is 9.26. The van der Waals surface area contributed by atoms with Crippen LogP contribution in [0.15, 0.2) is 30.3 Å². The van der Waals surface area contributed by atoms with Gasteiger partial charge in [-0.25, -0.2) is 4.79 Å². The molecule has 1 unspecified atom stereocenters. The van der Waals surface area contributed by atoms with Gasteiger partial charge in [0, 0.05) is 18.3 Å². The molecule has 0 saturated carbocycles. The van der Waals surface area contributed by atoms with Crippen molar-refractivity contribution in [3.63, 3.8) is 0 Å². The van der Waals surface area contributed by atoms with Crippen LogP contribution in [0.4, 0.5) is 10.5 Å². The van der Waals surface area contributed by atoms with Crippen molar-refractivity contribution >= 4 is 11.7 Å². The maximum absolute atomic E-state index is 11.4. The van der Waals surface area contributed by atoms with Crippen LogP contribution in [0.3, 0.4) is 0 Å². The van der Waals surface area contributed by atoms with Crippen molar-refractivity contribution < 1.29 is 4.79 Å². The second-order valence-corrected chi connectivity index (χ2v) is 3.30. The molecule has 3 nitrogen and oxygen atoms in total. The third-order valence-corrected chi connectivity index (χ3v) is 2.15. The van der Waals surface area contributed by atoms with Gasteiger partial charge in [0.2, 0.25) is 0 Å². The SMILES string of the molecule is CC1CN1C(=O)Nc1ccccc1. The van der Waals surface area contributed by atoms with E-state index >= 15 is 0 Å². The van der Waals surface area contributed by atoms with Crippen molar-refractivity contribution in [3.8, 4) is 0 Å². The summed E-state index contributed by atoms with van der Waals surface area (Å²) in [6.45, 7) is 2.91. The minimum Gasteiger partial charge on any atom is -0.318 e. The van der Waals surface area contributed by atoms with Gasteiger partial charge in [-0.05, 0) is 19.1 Å². The fraction of sp³-hybridized carbons (Fsp3) is 0.300. The van der Waals surface area contributed by atoms with E-state index in [-0.39, 0.29) is 6.03 Å². The highest BCUT2D eigenvalue weighted by molar-refractivity contribution is 5.91. The molecule has 0 aliphatic carbocycles. The van der Waals surface area contributed by atoms with Crippen molar-refractivity contribution in [1.82, 2.24) is 4.90 Å². The molecule has 1 aromatic rings. The van der Waals surface area contributed by atoms with Crippen molar-refractivity contribution in [2.45, 2.75) is 13.0 Å². The van der Waals surface area contributed by atoms with Gasteiger partial charge in [0.1, 0.15) is 0 Å². The van der Waals surface area contributed by atoms with Gasteiger partial charge in [-0.15, -0.1) is 0 Å². The van der Waals surface area contributed by atoms with Crippen LogP contribution in [0.2, 0.25) is 0 Å². The second-order valence-electron chi connectivity index (χ2n) is 3.30. The van der Waals surface area contributed by atoms with Crippen LogP contribution < -0.4 is 5.32 Å². The van der Waals surface area contributed by atoms with Crippen molar-refractivity contribution in [3.05, 3.63) is 30.3 Å². The molecule has 0 aromatic heterocycles. The average Bonchev–Trinajstić information content (AvgIpc) is 2.84. The number of rotatable bonds is 1. The maximum atomic E-state index is 11.4. The Hall–Kier alpha value is -1.51. The number of hydrogen-bond acceptors (Lipinski definition) is 1. The Morgan fingerprint density at radius 2 is 2.08 bits per heavy atom. The molecule has 1 fully saturated rings. The first-order valence-electron chi connectivity index (χ1n) is 4.40. The summed E-state index contributed by atoms with van der Waals surface area (Å²) in [6.07, 6.45) is 0. The van der Waals surface area contributed by atoms with Gasteiger partial charge in [-0.2, -0.15) is 0 Å². The average molecular weight is 176 g/mol. The molecule has 13 heavy (non-hydrogen) atoms. The summed E-state index contributed by atoms with van der Waals surface area (Å²) in [5.74, 6) is 0. The molecule has 1 aliphatic heterocycles. The number of carbonyl (C=O) groups excluding carboxylic acids is 1. The summed E-state index contributed by atoms with van der Waals surface area (Å²) in [5.41, 5.74) is 0.853. The van der Waals surface area contributed by atoms with Crippen molar-refractivity contribution in [1.29, 1.82) is 0 Å². The molecule has 1 aromatic carbocycles. The van der Waals surface area contributed by atoms with Crippen LogP contribution in [0, 0.1) is 0 Å². The van der Waals surface area contributed by atoms with E-state index in [4.69, 9.17) is 0 Å². The van der Waals surface area contributed by atoms with Gasteiger partial charge in [0.15, 0.2) is 0 Å². The molecular weight excluding hydrogens is 164 g/mol. The summed E-state index contributed by atoms with van der Waals surface area (Å²) >= 11 is 0. The molecule has 1 N–H and O–H groups in total. The number of para-hydroxylation sites is 1. The number of benzene rings is 1. The molecule has 3 heteroatoms. The quantitative estimate of drug-likeness (QED) is 0.651. The highest BCUT2D eigenvalue weighted by atomic mass is 16.2. The third kappa shape index (κ3) is 1.80. The van der Waals surface area contributed by atoms with Gasteiger partial charge in [0.25, 0.3) is 0 Å². The number of urea groups is 1. The van der Waals surface area contributed by atoms with Crippen molar-refractivity contribution in [2.75, 3.05) is 11.9 Å². The summed E-state index contributed by atoms with van der Waals surface area (Å²) in [7, 11) is 0. The zero-order valence-electron chi connectivity index (χ0n) is 7.53. The number of amides is 2. The highest BCUT2D eigenvalue weighted by Crippen LogP contribution is 2.17. The lowest BCUT2D eigenvalue weighted by Gasteiger charge is -2.05. The standard InChI is InChI=1S/C10H12N2O/c1-8-7-12(8)10(13)11-9-5-3-2-4-6-9/h2-6,8H,7H2,1H3,(H,11,13). The smallest absolute Gasteiger partial charge is 0.318 e. The molecule has 1 saturated heterocycles. The van der Waals surface area contributed by atoms with Gasteiger partial charge < -0.3 is 10.2 Å². The van der Waals surface area contributed by atoms with E-state index in [1.165, 1.54) is 0 Å². The summed E-state index contributed by atoms with van der Waals surface area (Å²) in [5, 5.41) is 2.82. The Morgan fingerprint density at radius 3 is 2.62 bits per heavy atom. The van der Waals surface area contributed by atoms with E-state index in [2.05, 4.69) is 5.32 Å². The maximum Gasteiger partial charge on any atom is 0.322 e. The van der Waals surface area contributed by atoms with Crippen LogP contribution in [-0.4, -0.2) is 23.5 Å². The van der Waals surface area contributed by atoms with E-state index in [9.17, 15) is 4.79 Å². The molecule has 68 valence electrons. The lowest BCUT2D eigenvalue weighted by Crippen LogP contribution is -2.19. The number of carbonyl (C=O) groups is 1. The van der Waals surface area contributed by atoms with Crippen LogP contribution in [0.5, 0.6) is 0 Å². The molecular formula is C10H12N2O. The second kappa shape index (κ2) is 3.09. The van der Waals surface area contributed by atoms with Crippen LogP contribution in [0.25, 0.3) is 0 Å². The monoisotopic (exact) mass is 176 g/mol. The Labute approximate surface area is 77.4 Å². The van der Waals surface area contributed by atoms with E-state index in [0.717, 1.165) is 12.2 Å². The normalized spacial score (nSPS) is 19.8. The van der Waals surface area contributed by atoms with Crippen LogP contribution >= 0.6 is 0 Å². The molecule has 0 spiro atoms.